The molecule has 1 atom stereocenters. The number of aromatic nitrogens is 2. The summed E-state index contributed by atoms with van der Waals surface area (Å²) >= 11 is 0. The van der Waals surface area contributed by atoms with Crippen LogP contribution in [-0.2, 0) is 4.79 Å². The fraction of sp³-hybridized carbons (Fsp3) is 0.667. The van der Waals surface area contributed by atoms with Crippen molar-refractivity contribution in [1.82, 2.24) is 14.7 Å². The molecule has 0 saturated heterocycles. The fourth-order valence-corrected chi connectivity index (χ4v) is 1.75. The number of hydrogen-bond donors (Lipinski definition) is 1. The smallest absolute Gasteiger partial charge is 0.249 e. The molecule has 1 unspecified atom stereocenters. The summed E-state index contributed by atoms with van der Waals surface area (Å²) in [5.41, 5.74) is 1.91. The quantitative estimate of drug-likeness (QED) is 0.830. The minimum Gasteiger partial charge on any atom is -0.394 e. The Kier molecular flexibility index (Phi) is 4.69. The van der Waals surface area contributed by atoms with Gasteiger partial charge in [-0.3, -0.25) is 9.48 Å². The monoisotopic (exact) mass is 239 g/mol. The van der Waals surface area contributed by atoms with Crippen LogP contribution in [0.1, 0.15) is 31.1 Å². The summed E-state index contributed by atoms with van der Waals surface area (Å²) in [7, 11) is 0. The lowest BCUT2D eigenvalue weighted by Gasteiger charge is -2.24. The Balaban J connectivity index is 2.95. The molecule has 0 bridgehead atoms. The van der Waals surface area contributed by atoms with E-state index in [9.17, 15) is 9.90 Å². The van der Waals surface area contributed by atoms with Crippen LogP contribution < -0.4 is 0 Å². The molecule has 1 amide bonds. The molecule has 0 aliphatic rings. The summed E-state index contributed by atoms with van der Waals surface area (Å²) in [6.45, 7) is 8.74. The van der Waals surface area contributed by atoms with Gasteiger partial charge in [0.15, 0.2) is 6.04 Å². The van der Waals surface area contributed by atoms with Crippen molar-refractivity contribution < 1.29 is 9.90 Å². The van der Waals surface area contributed by atoms with Crippen molar-refractivity contribution in [3.05, 3.63) is 17.5 Å². The molecule has 1 N–H and O–H groups in total. The number of aliphatic hydroxyl groups excluding tert-OH is 1. The first-order valence-electron chi connectivity index (χ1n) is 5.97. The lowest BCUT2D eigenvalue weighted by atomic mass is 10.2. The summed E-state index contributed by atoms with van der Waals surface area (Å²) in [5, 5.41) is 13.6. The van der Waals surface area contributed by atoms with Crippen molar-refractivity contribution in [2.24, 2.45) is 0 Å². The average Bonchev–Trinajstić information content (AvgIpc) is 2.61. The van der Waals surface area contributed by atoms with Crippen molar-refractivity contribution in [3.63, 3.8) is 0 Å². The normalized spacial score (nSPS) is 12.5. The van der Waals surface area contributed by atoms with E-state index in [1.807, 2.05) is 27.7 Å². The molecular weight excluding hydrogens is 218 g/mol. The molecule has 1 rings (SSSR count). The summed E-state index contributed by atoms with van der Waals surface area (Å²) in [6, 6.07) is -0.609. The molecular formula is C12H21N3O2. The van der Waals surface area contributed by atoms with Crippen molar-refractivity contribution in [1.29, 1.82) is 0 Å². The van der Waals surface area contributed by atoms with E-state index in [1.54, 1.807) is 15.8 Å². The molecule has 0 aliphatic carbocycles. The summed E-state index contributed by atoms with van der Waals surface area (Å²) in [4.78, 5) is 13.9. The first-order valence-corrected chi connectivity index (χ1v) is 5.97. The standard InChI is InChI=1S/C12H21N3O2/c1-5-14(6-2)12(17)11(8-16)15-7-9(3)10(4)13-15/h7,11,16H,5-6,8H2,1-4H3. The van der Waals surface area contributed by atoms with Crippen LogP contribution in [0.5, 0.6) is 0 Å². The summed E-state index contributed by atoms with van der Waals surface area (Å²) < 4.78 is 1.56. The van der Waals surface area contributed by atoms with Crippen molar-refractivity contribution in [2.45, 2.75) is 33.7 Å². The highest BCUT2D eigenvalue weighted by Gasteiger charge is 2.24. The lowest BCUT2D eigenvalue weighted by Crippen LogP contribution is -2.38. The van der Waals surface area contributed by atoms with E-state index in [2.05, 4.69) is 5.10 Å². The average molecular weight is 239 g/mol. The molecule has 1 heterocycles. The number of carbonyl (C=O) groups excluding carboxylic acids is 1. The molecule has 0 spiro atoms. The molecule has 0 fully saturated rings. The van der Waals surface area contributed by atoms with E-state index < -0.39 is 6.04 Å². The van der Waals surface area contributed by atoms with Crippen LogP contribution in [0, 0.1) is 13.8 Å². The van der Waals surface area contributed by atoms with E-state index in [1.165, 1.54) is 0 Å². The third kappa shape index (κ3) is 2.85. The maximum Gasteiger partial charge on any atom is 0.249 e. The fourth-order valence-electron chi connectivity index (χ4n) is 1.75. The number of aliphatic hydroxyl groups is 1. The van der Waals surface area contributed by atoms with Crippen LogP contribution >= 0.6 is 0 Å². The first-order chi connectivity index (χ1) is 8.04. The van der Waals surface area contributed by atoms with E-state index in [0.717, 1.165) is 11.3 Å². The van der Waals surface area contributed by atoms with Gasteiger partial charge in [0.25, 0.3) is 0 Å². The molecule has 5 heteroatoms. The Hall–Kier alpha value is -1.36. The zero-order valence-electron chi connectivity index (χ0n) is 11.0. The van der Waals surface area contributed by atoms with Gasteiger partial charge in [0.05, 0.1) is 12.3 Å². The third-order valence-electron chi connectivity index (χ3n) is 3.01. The van der Waals surface area contributed by atoms with Gasteiger partial charge >= 0.3 is 0 Å². The first kappa shape index (κ1) is 13.7. The largest absolute Gasteiger partial charge is 0.394 e. The van der Waals surface area contributed by atoms with Crippen molar-refractivity contribution in [3.8, 4) is 0 Å². The van der Waals surface area contributed by atoms with Crippen LogP contribution in [0.3, 0.4) is 0 Å². The van der Waals surface area contributed by atoms with Crippen LogP contribution in [0.2, 0.25) is 0 Å². The maximum atomic E-state index is 12.2. The molecule has 5 nitrogen and oxygen atoms in total. The lowest BCUT2D eigenvalue weighted by molar-refractivity contribution is -0.135. The maximum absolute atomic E-state index is 12.2. The number of aryl methyl sites for hydroxylation is 2. The molecule has 17 heavy (non-hydrogen) atoms. The van der Waals surface area contributed by atoms with E-state index in [4.69, 9.17) is 0 Å². The number of rotatable bonds is 5. The summed E-state index contributed by atoms with van der Waals surface area (Å²) in [5.74, 6) is -0.0833. The second kappa shape index (κ2) is 5.82. The number of carbonyl (C=O) groups is 1. The Morgan fingerprint density at radius 1 is 1.47 bits per heavy atom. The number of likely N-dealkylation sites (N-methyl/N-ethyl adjacent to an activating group) is 1. The van der Waals surface area contributed by atoms with Gasteiger partial charge in [-0.15, -0.1) is 0 Å². The predicted octanol–water partition coefficient (Wildman–Crippen LogP) is 0.902. The van der Waals surface area contributed by atoms with Gasteiger partial charge in [0.2, 0.25) is 5.91 Å². The predicted molar refractivity (Wildman–Crippen MR) is 65.8 cm³/mol. The molecule has 0 radical (unpaired) electrons. The summed E-state index contributed by atoms with van der Waals surface area (Å²) in [6.07, 6.45) is 1.80. The second-order valence-electron chi connectivity index (χ2n) is 4.09. The van der Waals surface area contributed by atoms with Gasteiger partial charge in [-0.2, -0.15) is 5.10 Å². The van der Waals surface area contributed by atoms with Crippen LogP contribution in [0.4, 0.5) is 0 Å². The molecule has 1 aromatic rings. The second-order valence-corrected chi connectivity index (χ2v) is 4.09. The highest BCUT2D eigenvalue weighted by Crippen LogP contribution is 2.13. The van der Waals surface area contributed by atoms with E-state index in [0.29, 0.717) is 13.1 Å². The highest BCUT2D eigenvalue weighted by atomic mass is 16.3. The molecule has 0 saturated carbocycles. The van der Waals surface area contributed by atoms with Crippen LogP contribution in [0.25, 0.3) is 0 Å². The number of amides is 1. The van der Waals surface area contributed by atoms with Gasteiger partial charge in [-0.05, 0) is 33.3 Å². The van der Waals surface area contributed by atoms with Gasteiger partial charge in [-0.1, -0.05) is 0 Å². The van der Waals surface area contributed by atoms with Gasteiger partial charge in [-0.25, -0.2) is 0 Å². The molecule has 0 aromatic carbocycles. The zero-order valence-corrected chi connectivity index (χ0v) is 11.0. The number of hydrogen-bond acceptors (Lipinski definition) is 3. The minimum atomic E-state index is -0.609. The van der Waals surface area contributed by atoms with Crippen molar-refractivity contribution in [2.75, 3.05) is 19.7 Å². The SMILES string of the molecule is CCN(CC)C(=O)C(CO)n1cc(C)c(C)n1. The zero-order chi connectivity index (χ0) is 13.0. The molecule has 0 aliphatic heterocycles. The van der Waals surface area contributed by atoms with Crippen LogP contribution in [0.15, 0.2) is 6.20 Å². The molecule has 96 valence electrons. The Morgan fingerprint density at radius 3 is 2.41 bits per heavy atom. The minimum absolute atomic E-state index is 0.0833. The van der Waals surface area contributed by atoms with Gasteiger partial charge < -0.3 is 10.0 Å². The van der Waals surface area contributed by atoms with Gasteiger partial charge in [0.1, 0.15) is 0 Å². The van der Waals surface area contributed by atoms with Crippen molar-refractivity contribution >= 4 is 5.91 Å². The molecule has 1 aromatic heterocycles. The van der Waals surface area contributed by atoms with E-state index >= 15 is 0 Å². The Bertz CT molecular complexity index is 364. The number of nitrogens with zero attached hydrogens (tertiary/aromatic N) is 3. The van der Waals surface area contributed by atoms with Crippen LogP contribution in [-0.4, -0.2) is 45.4 Å². The Labute approximate surface area is 102 Å². The van der Waals surface area contributed by atoms with Gasteiger partial charge in [0, 0.05) is 19.3 Å². The van der Waals surface area contributed by atoms with E-state index in [-0.39, 0.29) is 12.5 Å². The topological polar surface area (TPSA) is 58.4 Å². The highest BCUT2D eigenvalue weighted by molar-refractivity contribution is 5.80. The third-order valence-corrected chi connectivity index (χ3v) is 3.01. The Morgan fingerprint density at radius 2 is 2.06 bits per heavy atom.